The third kappa shape index (κ3) is 6.37. The molecule has 3 aromatic rings. The average molecular weight is 437 g/mol. The van der Waals surface area contributed by atoms with Gasteiger partial charge in [-0.2, -0.15) is 0 Å². The summed E-state index contributed by atoms with van der Waals surface area (Å²) in [5.41, 5.74) is 3.06. The summed E-state index contributed by atoms with van der Waals surface area (Å²) in [5, 5.41) is 2.93. The maximum atomic E-state index is 12.5. The van der Waals surface area contributed by atoms with Crippen LogP contribution in [0.1, 0.15) is 27.2 Å². The van der Waals surface area contributed by atoms with Gasteiger partial charge in [-0.1, -0.05) is 6.07 Å². The zero-order valence-corrected chi connectivity index (χ0v) is 19.7. The molecule has 0 aliphatic carbocycles. The summed E-state index contributed by atoms with van der Waals surface area (Å²) >= 11 is 0. The Morgan fingerprint density at radius 2 is 1.75 bits per heavy atom. The van der Waals surface area contributed by atoms with Crippen LogP contribution in [-0.2, 0) is 0 Å². The number of amides is 2. The molecule has 3 rings (SSSR count). The molecule has 0 saturated carbocycles. The molecule has 0 atom stereocenters. The van der Waals surface area contributed by atoms with Crippen molar-refractivity contribution in [2.24, 2.45) is 0 Å². The fourth-order valence-corrected chi connectivity index (χ4v) is 3.05. The van der Waals surface area contributed by atoms with Crippen molar-refractivity contribution in [1.82, 2.24) is 25.2 Å². The van der Waals surface area contributed by atoms with Crippen molar-refractivity contribution in [3.8, 4) is 17.0 Å². The van der Waals surface area contributed by atoms with Crippen LogP contribution in [-0.4, -0.2) is 65.7 Å². The minimum Gasteiger partial charge on any atom is -0.478 e. The highest BCUT2D eigenvalue weighted by Crippen LogP contribution is 2.25. The Morgan fingerprint density at radius 3 is 2.41 bits per heavy atom. The molecule has 1 aromatic carbocycles. The summed E-state index contributed by atoms with van der Waals surface area (Å²) in [5.74, 6) is 1.10. The Balaban J connectivity index is 1.75. The number of anilines is 1. The molecule has 2 amide bonds. The molecule has 2 aromatic heterocycles. The predicted octanol–water partition coefficient (Wildman–Crippen LogP) is 3.97. The number of carbonyl (C=O) groups is 1. The lowest BCUT2D eigenvalue weighted by Gasteiger charge is -2.25. The van der Waals surface area contributed by atoms with Crippen molar-refractivity contribution in [2.45, 2.75) is 32.7 Å². The number of nitrogens with one attached hydrogen (secondary N) is 1. The van der Waals surface area contributed by atoms with Gasteiger partial charge < -0.3 is 15.0 Å². The highest BCUT2D eigenvalue weighted by Gasteiger charge is 2.19. The monoisotopic (exact) mass is 436 g/mol. The molecule has 1 N–H and O–H groups in total. The van der Waals surface area contributed by atoms with Crippen LogP contribution in [0, 0.1) is 0 Å². The Bertz CT molecular complexity index is 1060. The van der Waals surface area contributed by atoms with Crippen LogP contribution >= 0.6 is 0 Å². The minimum atomic E-state index is -0.335. The van der Waals surface area contributed by atoms with Crippen LogP contribution in [0.25, 0.3) is 22.2 Å². The van der Waals surface area contributed by atoms with Gasteiger partial charge in [0.1, 0.15) is 0 Å². The summed E-state index contributed by atoms with van der Waals surface area (Å²) in [6.45, 7) is 7.42. The van der Waals surface area contributed by atoms with E-state index in [0.29, 0.717) is 23.8 Å². The van der Waals surface area contributed by atoms with Crippen molar-refractivity contribution >= 4 is 22.9 Å². The van der Waals surface area contributed by atoms with E-state index in [1.54, 1.807) is 19.4 Å². The number of aromatic nitrogens is 3. The maximum Gasteiger partial charge on any atom is 0.323 e. The van der Waals surface area contributed by atoms with E-state index in [2.05, 4.69) is 25.2 Å². The third-order valence-corrected chi connectivity index (χ3v) is 4.73. The summed E-state index contributed by atoms with van der Waals surface area (Å²) in [7, 11) is 5.77. The van der Waals surface area contributed by atoms with Gasteiger partial charge in [-0.3, -0.25) is 9.88 Å². The number of ether oxygens (including phenoxy) is 1. The van der Waals surface area contributed by atoms with Crippen molar-refractivity contribution in [3.63, 3.8) is 0 Å². The van der Waals surface area contributed by atoms with Crippen LogP contribution in [0.15, 0.2) is 42.7 Å². The second-order valence-corrected chi connectivity index (χ2v) is 9.06. The first kappa shape index (κ1) is 23.4. The molecule has 0 aliphatic heterocycles. The highest BCUT2D eigenvalue weighted by atomic mass is 16.5. The van der Waals surface area contributed by atoms with Gasteiger partial charge >= 0.3 is 6.03 Å². The zero-order chi connectivity index (χ0) is 23.3. The van der Waals surface area contributed by atoms with Crippen molar-refractivity contribution in [3.05, 3.63) is 42.7 Å². The predicted molar refractivity (Wildman–Crippen MR) is 128 cm³/mol. The minimum absolute atomic E-state index is 0.229. The normalized spacial score (nSPS) is 11.6. The number of hydrogen-bond donors (Lipinski definition) is 1. The van der Waals surface area contributed by atoms with E-state index in [1.807, 2.05) is 65.2 Å². The number of fused-ring (bicyclic) bond motifs is 1. The Kier molecular flexibility index (Phi) is 7.25. The Hall–Kier alpha value is -3.26. The smallest absolute Gasteiger partial charge is 0.323 e. The third-order valence-electron chi connectivity index (χ3n) is 4.73. The lowest BCUT2D eigenvalue weighted by atomic mass is 10.1. The van der Waals surface area contributed by atoms with Gasteiger partial charge in [-0.15, -0.1) is 0 Å². The van der Waals surface area contributed by atoms with E-state index in [1.165, 1.54) is 4.90 Å². The van der Waals surface area contributed by atoms with Crippen LogP contribution in [0.4, 0.5) is 10.6 Å². The number of rotatable bonds is 7. The molecule has 0 aliphatic rings. The molecule has 2 heterocycles. The first-order chi connectivity index (χ1) is 15.1. The first-order valence-electron chi connectivity index (χ1n) is 10.7. The van der Waals surface area contributed by atoms with Gasteiger partial charge in [0.15, 0.2) is 5.82 Å². The molecule has 0 saturated heterocycles. The van der Waals surface area contributed by atoms with Gasteiger partial charge in [0.25, 0.3) is 0 Å². The Morgan fingerprint density at radius 1 is 1.00 bits per heavy atom. The van der Waals surface area contributed by atoms with E-state index in [0.717, 1.165) is 29.6 Å². The van der Waals surface area contributed by atoms with Crippen LogP contribution in [0.2, 0.25) is 0 Å². The zero-order valence-electron chi connectivity index (χ0n) is 19.7. The molecule has 0 bridgehead atoms. The lowest BCUT2D eigenvalue weighted by molar-refractivity contribution is 0.239. The highest BCUT2D eigenvalue weighted by molar-refractivity contribution is 5.92. The quantitative estimate of drug-likeness (QED) is 0.565. The second-order valence-electron chi connectivity index (χ2n) is 9.06. The van der Waals surface area contributed by atoms with Gasteiger partial charge in [0.2, 0.25) is 5.88 Å². The summed E-state index contributed by atoms with van der Waals surface area (Å²) in [4.78, 5) is 29.6. The topological polar surface area (TPSA) is 83.5 Å². The fraction of sp³-hybridized carbons (Fsp3) is 0.417. The summed E-state index contributed by atoms with van der Waals surface area (Å²) < 4.78 is 5.71. The van der Waals surface area contributed by atoms with Crippen LogP contribution in [0.3, 0.4) is 0 Å². The van der Waals surface area contributed by atoms with Crippen molar-refractivity contribution in [2.75, 3.05) is 39.2 Å². The average Bonchev–Trinajstić information content (AvgIpc) is 2.74. The van der Waals surface area contributed by atoms with Gasteiger partial charge in [-0.25, -0.2) is 14.8 Å². The molecular weight excluding hydrogens is 404 g/mol. The molecule has 0 fully saturated rings. The van der Waals surface area contributed by atoms with Gasteiger partial charge in [-0.05, 0) is 65.0 Å². The molecule has 32 heavy (non-hydrogen) atoms. The van der Waals surface area contributed by atoms with E-state index in [-0.39, 0.29) is 11.6 Å². The molecular formula is C24H32N6O2. The molecule has 170 valence electrons. The maximum absolute atomic E-state index is 12.5. The molecule has 8 heteroatoms. The summed E-state index contributed by atoms with van der Waals surface area (Å²) in [6.07, 6.45) is 4.35. The summed E-state index contributed by atoms with van der Waals surface area (Å²) in [6, 6.07) is 9.49. The largest absolute Gasteiger partial charge is 0.478 e. The van der Waals surface area contributed by atoms with Gasteiger partial charge in [0, 0.05) is 37.0 Å². The van der Waals surface area contributed by atoms with E-state index < -0.39 is 0 Å². The first-order valence-corrected chi connectivity index (χ1v) is 10.7. The lowest BCUT2D eigenvalue weighted by Crippen LogP contribution is -2.47. The SMILES string of the molecule is CN(C)CCCOc1ccc(-c2ccc3ncc(N(C)C(=O)NC(C)(C)C)nc3c2)cn1. The van der Waals surface area contributed by atoms with Crippen molar-refractivity contribution < 1.29 is 9.53 Å². The Labute approximate surface area is 189 Å². The second kappa shape index (κ2) is 9.91. The molecule has 0 spiro atoms. The number of nitrogens with zero attached hydrogens (tertiary/aromatic N) is 5. The number of benzene rings is 1. The molecule has 8 nitrogen and oxygen atoms in total. The van der Waals surface area contributed by atoms with E-state index in [4.69, 9.17) is 4.74 Å². The van der Waals surface area contributed by atoms with Crippen LogP contribution < -0.4 is 15.0 Å². The van der Waals surface area contributed by atoms with E-state index >= 15 is 0 Å². The molecule has 0 unspecified atom stereocenters. The fourth-order valence-electron chi connectivity index (χ4n) is 3.05. The number of urea groups is 1. The molecule has 0 radical (unpaired) electrons. The number of carbonyl (C=O) groups excluding carboxylic acids is 1. The van der Waals surface area contributed by atoms with Crippen molar-refractivity contribution in [1.29, 1.82) is 0 Å². The number of hydrogen-bond acceptors (Lipinski definition) is 6. The van der Waals surface area contributed by atoms with Gasteiger partial charge in [0.05, 0.1) is 23.8 Å². The standard InChI is InChI=1S/C24H32N6O2/c1-24(2,3)28-23(31)30(6)21-16-25-19-10-8-17(14-20(19)27-21)18-9-11-22(26-15-18)32-13-7-12-29(4)5/h8-11,14-16H,7,12-13H2,1-6H3,(H,28,31). The number of pyridine rings is 1. The van der Waals surface area contributed by atoms with Crippen LogP contribution in [0.5, 0.6) is 5.88 Å². The van der Waals surface area contributed by atoms with E-state index in [9.17, 15) is 4.79 Å².